The SMILES string of the molecule is Nc1n[nH]c(C(=O)NCC2CCCCC2CO)n1. The van der Waals surface area contributed by atoms with Gasteiger partial charge in [0, 0.05) is 13.2 Å². The summed E-state index contributed by atoms with van der Waals surface area (Å²) in [5.41, 5.74) is 5.33. The van der Waals surface area contributed by atoms with Crippen molar-refractivity contribution in [3.63, 3.8) is 0 Å². The minimum Gasteiger partial charge on any atom is -0.396 e. The highest BCUT2D eigenvalue weighted by molar-refractivity contribution is 5.90. The van der Waals surface area contributed by atoms with Gasteiger partial charge in [-0.15, -0.1) is 5.10 Å². The predicted octanol–water partition coefficient (Wildman–Crippen LogP) is -0.0846. The summed E-state index contributed by atoms with van der Waals surface area (Å²) in [7, 11) is 0. The molecule has 1 aliphatic rings. The highest BCUT2D eigenvalue weighted by Gasteiger charge is 2.25. The van der Waals surface area contributed by atoms with Gasteiger partial charge < -0.3 is 16.2 Å². The van der Waals surface area contributed by atoms with Crippen LogP contribution in [-0.4, -0.2) is 39.3 Å². The monoisotopic (exact) mass is 253 g/mol. The molecule has 1 saturated carbocycles. The Morgan fingerprint density at radius 3 is 2.78 bits per heavy atom. The molecule has 7 heteroatoms. The molecule has 1 aromatic rings. The van der Waals surface area contributed by atoms with Crippen molar-refractivity contribution in [1.29, 1.82) is 0 Å². The average Bonchev–Trinajstić information content (AvgIpc) is 2.83. The normalized spacial score (nSPS) is 23.8. The largest absolute Gasteiger partial charge is 0.396 e. The molecule has 1 heterocycles. The number of aliphatic hydroxyl groups excluding tert-OH is 1. The summed E-state index contributed by atoms with van der Waals surface area (Å²) >= 11 is 0. The van der Waals surface area contributed by atoms with Crippen LogP contribution < -0.4 is 11.1 Å². The van der Waals surface area contributed by atoms with Crippen LogP contribution in [0.3, 0.4) is 0 Å². The zero-order chi connectivity index (χ0) is 13.0. The zero-order valence-electron chi connectivity index (χ0n) is 10.2. The fourth-order valence-corrected chi connectivity index (χ4v) is 2.48. The molecule has 5 N–H and O–H groups in total. The average molecular weight is 253 g/mol. The van der Waals surface area contributed by atoms with Gasteiger partial charge >= 0.3 is 0 Å². The molecule has 0 aromatic carbocycles. The van der Waals surface area contributed by atoms with Crippen LogP contribution in [0.1, 0.15) is 36.3 Å². The molecule has 2 atom stereocenters. The number of carbonyl (C=O) groups excluding carboxylic acids is 1. The molecule has 100 valence electrons. The van der Waals surface area contributed by atoms with E-state index in [1.54, 1.807) is 0 Å². The predicted molar refractivity (Wildman–Crippen MR) is 65.7 cm³/mol. The summed E-state index contributed by atoms with van der Waals surface area (Å²) in [4.78, 5) is 15.5. The number of nitrogens with two attached hydrogens (primary N) is 1. The Kier molecular flexibility index (Phi) is 4.14. The number of H-pyrrole nitrogens is 1. The van der Waals surface area contributed by atoms with E-state index < -0.39 is 0 Å². The lowest BCUT2D eigenvalue weighted by Crippen LogP contribution is -2.35. The molecule has 2 rings (SSSR count). The Hall–Kier alpha value is -1.63. The van der Waals surface area contributed by atoms with Gasteiger partial charge in [-0.3, -0.25) is 9.89 Å². The maximum atomic E-state index is 11.7. The lowest BCUT2D eigenvalue weighted by molar-refractivity contribution is 0.0900. The van der Waals surface area contributed by atoms with Gasteiger partial charge in [0.15, 0.2) is 0 Å². The van der Waals surface area contributed by atoms with Crippen molar-refractivity contribution in [3.8, 4) is 0 Å². The minimum atomic E-state index is -0.304. The van der Waals surface area contributed by atoms with E-state index in [-0.39, 0.29) is 24.3 Å². The molecule has 0 bridgehead atoms. The van der Waals surface area contributed by atoms with Gasteiger partial charge in [0.25, 0.3) is 5.91 Å². The van der Waals surface area contributed by atoms with E-state index in [0.29, 0.717) is 18.4 Å². The first-order valence-electron chi connectivity index (χ1n) is 6.27. The second kappa shape index (κ2) is 5.81. The standard InChI is InChI=1S/C11H19N5O2/c12-11-14-9(15-16-11)10(18)13-5-7-3-1-2-4-8(7)6-17/h7-8,17H,1-6H2,(H,13,18)(H3,12,14,15,16). The Morgan fingerprint density at radius 1 is 1.44 bits per heavy atom. The lowest BCUT2D eigenvalue weighted by atomic mass is 9.79. The smallest absolute Gasteiger partial charge is 0.288 e. The van der Waals surface area contributed by atoms with Crippen molar-refractivity contribution in [2.75, 3.05) is 18.9 Å². The van der Waals surface area contributed by atoms with E-state index in [4.69, 9.17) is 5.73 Å². The molecule has 7 nitrogen and oxygen atoms in total. The first-order chi connectivity index (χ1) is 8.70. The third kappa shape index (κ3) is 2.98. The van der Waals surface area contributed by atoms with Crippen molar-refractivity contribution in [1.82, 2.24) is 20.5 Å². The van der Waals surface area contributed by atoms with Gasteiger partial charge in [0.05, 0.1) is 0 Å². The maximum Gasteiger partial charge on any atom is 0.288 e. The maximum absolute atomic E-state index is 11.7. The van der Waals surface area contributed by atoms with Crippen LogP contribution in [0.25, 0.3) is 0 Å². The van der Waals surface area contributed by atoms with Crippen molar-refractivity contribution in [3.05, 3.63) is 5.82 Å². The van der Waals surface area contributed by atoms with Gasteiger partial charge in [0.2, 0.25) is 11.8 Å². The van der Waals surface area contributed by atoms with Crippen LogP contribution in [0.4, 0.5) is 5.95 Å². The van der Waals surface area contributed by atoms with Gasteiger partial charge in [-0.25, -0.2) is 0 Å². The minimum absolute atomic E-state index is 0.0612. The topological polar surface area (TPSA) is 117 Å². The third-order valence-electron chi connectivity index (χ3n) is 3.54. The molecule has 1 fully saturated rings. The van der Waals surface area contributed by atoms with Crippen LogP contribution in [0, 0.1) is 11.8 Å². The van der Waals surface area contributed by atoms with E-state index in [2.05, 4.69) is 20.5 Å². The molecular weight excluding hydrogens is 234 g/mol. The molecular formula is C11H19N5O2. The Labute approximate surface area is 105 Å². The van der Waals surface area contributed by atoms with Crippen LogP contribution in [0.5, 0.6) is 0 Å². The van der Waals surface area contributed by atoms with Crippen LogP contribution in [0.2, 0.25) is 0 Å². The van der Waals surface area contributed by atoms with Crippen molar-refractivity contribution in [2.45, 2.75) is 25.7 Å². The Bertz CT molecular complexity index is 406. The number of nitrogen functional groups attached to an aromatic ring is 1. The first-order valence-corrected chi connectivity index (χ1v) is 6.27. The van der Waals surface area contributed by atoms with E-state index >= 15 is 0 Å². The number of rotatable bonds is 4. The molecule has 1 amide bonds. The fourth-order valence-electron chi connectivity index (χ4n) is 2.48. The van der Waals surface area contributed by atoms with E-state index in [1.165, 1.54) is 0 Å². The van der Waals surface area contributed by atoms with E-state index in [9.17, 15) is 9.90 Å². The fraction of sp³-hybridized carbons (Fsp3) is 0.727. The van der Waals surface area contributed by atoms with E-state index in [0.717, 1.165) is 25.7 Å². The molecule has 0 aliphatic heterocycles. The molecule has 18 heavy (non-hydrogen) atoms. The summed E-state index contributed by atoms with van der Waals surface area (Å²) in [6.07, 6.45) is 4.40. The zero-order valence-corrected chi connectivity index (χ0v) is 10.2. The molecule has 0 spiro atoms. The summed E-state index contributed by atoms with van der Waals surface area (Å²) in [6.45, 7) is 0.750. The molecule has 0 radical (unpaired) electrons. The number of hydrogen-bond acceptors (Lipinski definition) is 5. The van der Waals surface area contributed by atoms with Crippen LogP contribution in [0.15, 0.2) is 0 Å². The molecule has 1 aromatic heterocycles. The first kappa shape index (κ1) is 12.8. The van der Waals surface area contributed by atoms with Crippen molar-refractivity contribution >= 4 is 11.9 Å². The highest BCUT2D eigenvalue weighted by atomic mass is 16.3. The van der Waals surface area contributed by atoms with Crippen LogP contribution >= 0.6 is 0 Å². The quantitative estimate of drug-likeness (QED) is 0.598. The number of hydrogen-bond donors (Lipinski definition) is 4. The van der Waals surface area contributed by atoms with Crippen molar-refractivity contribution in [2.24, 2.45) is 11.8 Å². The molecule has 1 aliphatic carbocycles. The summed E-state index contributed by atoms with van der Waals surface area (Å²) < 4.78 is 0. The van der Waals surface area contributed by atoms with Gasteiger partial charge in [0.1, 0.15) is 0 Å². The van der Waals surface area contributed by atoms with Crippen LogP contribution in [-0.2, 0) is 0 Å². The summed E-state index contributed by atoms with van der Waals surface area (Å²) in [6, 6.07) is 0. The third-order valence-corrected chi connectivity index (χ3v) is 3.54. The molecule has 2 unspecified atom stereocenters. The number of nitrogens with zero attached hydrogens (tertiary/aromatic N) is 2. The number of aromatic amines is 1. The lowest BCUT2D eigenvalue weighted by Gasteiger charge is -2.30. The van der Waals surface area contributed by atoms with Gasteiger partial charge in [-0.05, 0) is 24.7 Å². The Morgan fingerprint density at radius 2 is 2.17 bits per heavy atom. The number of anilines is 1. The number of carbonyl (C=O) groups is 1. The molecule has 0 saturated heterocycles. The van der Waals surface area contributed by atoms with Crippen molar-refractivity contribution < 1.29 is 9.90 Å². The highest BCUT2D eigenvalue weighted by Crippen LogP contribution is 2.29. The Balaban J connectivity index is 1.85. The number of aliphatic hydroxyl groups is 1. The van der Waals surface area contributed by atoms with Gasteiger partial charge in [-0.1, -0.05) is 12.8 Å². The number of amides is 1. The second-order valence-corrected chi connectivity index (χ2v) is 4.74. The van der Waals surface area contributed by atoms with E-state index in [1.807, 2.05) is 0 Å². The summed E-state index contributed by atoms with van der Waals surface area (Å²) in [5.74, 6) is 0.517. The number of aromatic nitrogens is 3. The number of nitrogens with one attached hydrogen (secondary N) is 2. The summed E-state index contributed by atoms with van der Waals surface area (Å²) in [5, 5.41) is 18.2. The second-order valence-electron chi connectivity index (χ2n) is 4.74. The van der Waals surface area contributed by atoms with Gasteiger partial charge in [-0.2, -0.15) is 4.98 Å².